The fourth-order valence-corrected chi connectivity index (χ4v) is 1.87. The Kier molecular flexibility index (Phi) is 3.28. The summed E-state index contributed by atoms with van der Waals surface area (Å²) in [5.74, 6) is -1.70. The normalized spacial score (nSPS) is 10.6. The first-order valence-corrected chi connectivity index (χ1v) is 5.39. The molecule has 0 unspecified atom stereocenters. The second-order valence-electron chi connectivity index (χ2n) is 3.85. The number of nitrogen functional groups attached to an aromatic ring is 1. The van der Waals surface area contributed by atoms with E-state index in [0.29, 0.717) is 11.6 Å². The van der Waals surface area contributed by atoms with E-state index >= 15 is 0 Å². The smallest absolute Gasteiger partial charge is 0.168 e. The maximum absolute atomic E-state index is 13.8. The van der Waals surface area contributed by atoms with Crippen molar-refractivity contribution in [3.8, 4) is 22.6 Å². The lowest BCUT2D eigenvalue weighted by Gasteiger charge is -2.14. The number of rotatable bonds is 3. The average Bonchev–Trinajstić information content (AvgIpc) is 2.69. The van der Waals surface area contributed by atoms with Crippen LogP contribution in [0.5, 0.6) is 11.5 Å². The largest absolute Gasteiger partial charge is 0.493 e. The molecular weight excluding hydrogens is 256 g/mol. The average molecular weight is 269 g/mol. The molecule has 102 valence electrons. The number of halogens is 2. The van der Waals surface area contributed by atoms with Crippen molar-refractivity contribution in [2.75, 3.05) is 20.0 Å². The van der Waals surface area contributed by atoms with Gasteiger partial charge in [-0.05, 0) is 0 Å². The molecule has 1 aromatic heterocycles. The Labute approximate surface area is 108 Å². The number of benzene rings is 1. The van der Waals surface area contributed by atoms with Crippen molar-refractivity contribution >= 4 is 5.82 Å². The Morgan fingerprint density at radius 2 is 1.68 bits per heavy atom. The van der Waals surface area contributed by atoms with Gasteiger partial charge in [0.05, 0.1) is 31.5 Å². The van der Waals surface area contributed by atoms with Crippen LogP contribution < -0.4 is 15.2 Å². The van der Waals surface area contributed by atoms with Gasteiger partial charge in [0.2, 0.25) is 0 Å². The van der Waals surface area contributed by atoms with E-state index in [2.05, 4.69) is 5.10 Å². The summed E-state index contributed by atoms with van der Waals surface area (Å²) in [6.45, 7) is 0. The first-order chi connectivity index (χ1) is 9.01. The number of hydrogen-bond acceptors (Lipinski definition) is 4. The Balaban J connectivity index is 2.83. The van der Waals surface area contributed by atoms with Gasteiger partial charge >= 0.3 is 0 Å². The van der Waals surface area contributed by atoms with Crippen LogP contribution in [0.4, 0.5) is 14.6 Å². The van der Waals surface area contributed by atoms with Crippen LogP contribution in [0.25, 0.3) is 11.1 Å². The molecule has 19 heavy (non-hydrogen) atoms. The predicted molar refractivity (Wildman–Crippen MR) is 66.1 cm³/mol. The van der Waals surface area contributed by atoms with E-state index in [1.165, 1.54) is 25.1 Å². The summed E-state index contributed by atoms with van der Waals surface area (Å²) in [5, 5.41) is 3.94. The summed E-state index contributed by atoms with van der Waals surface area (Å²) in [7, 11) is 4.19. The molecule has 7 heteroatoms. The Hall–Kier alpha value is -2.31. The van der Waals surface area contributed by atoms with E-state index in [1.807, 2.05) is 0 Å². The molecule has 0 saturated carbocycles. The Bertz CT molecular complexity index is 598. The van der Waals surface area contributed by atoms with Gasteiger partial charge in [-0.25, -0.2) is 8.78 Å². The molecule has 1 aromatic carbocycles. The van der Waals surface area contributed by atoms with Gasteiger partial charge in [0.1, 0.15) is 5.82 Å². The number of methoxy groups -OCH3 is 2. The number of ether oxygens (including phenoxy) is 2. The molecule has 5 nitrogen and oxygen atoms in total. The van der Waals surface area contributed by atoms with Crippen molar-refractivity contribution in [1.29, 1.82) is 0 Å². The summed E-state index contributed by atoms with van der Waals surface area (Å²) >= 11 is 0. The zero-order chi connectivity index (χ0) is 14.2. The summed E-state index contributed by atoms with van der Waals surface area (Å²) in [6, 6.07) is 0.702. The maximum Gasteiger partial charge on any atom is 0.168 e. The number of nitrogens with two attached hydrogens (primary N) is 1. The minimum absolute atomic E-state index is 0.105. The SMILES string of the molecule is COc1c(F)cc(F)c(OC)c1-c1cnn(C)c1N. The Morgan fingerprint density at radius 3 is 2.05 bits per heavy atom. The van der Waals surface area contributed by atoms with E-state index in [1.54, 1.807) is 7.05 Å². The number of anilines is 1. The molecule has 1 heterocycles. The van der Waals surface area contributed by atoms with Crippen molar-refractivity contribution in [3.63, 3.8) is 0 Å². The van der Waals surface area contributed by atoms with Gasteiger partial charge in [0, 0.05) is 13.1 Å². The lowest BCUT2D eigenvalue weighted by atomic mass is 10.1. The highest BCUT2D eigenvalue weighted by molar-refractivity contribution is 5.83. The second-order valence-corrected chi connectivity index (χ2v) is 3.85. The van der Waals surface area contributed by atoms with E-state index in [4.69, 9.17) is 15.2 Å². The topological polar surface area (TPSA) is 62.3 Å². The van der Waals surface area contributed by atoms with Gasteiger partial charge in [-0.15, -0.1) is 0 Å². The third kappa shape index (κ3) is 1.96. The first-order valence-electron chi connectivity index (χ1n) is 5.39. The zero-order valence-electron chi connectivity index (χ0n) is 10.7. The van der Waals surface area contributed by atoms with E-state index < -0.39 is 11.6 Å². The summed E-state index contributed by atoms with van der Waals surface area (Å²) in [6.07, 6.45) is 1.40. The fourth-order valence-electron chi connectivity index (χ4n) is 1.87. The maximum atomic E-state index is 13.8. The Morgan fingerprint density at radius 1 is 1.16 bits per heavy atom. The van der Waals surface area contributed by atoms with E-state index in [9.17, 15) is 8.78 Å². The predicted octanol–water partition coefficient (Wildman–Crippen LogP) is 1.96. The summed E-state index contributed by atoms with van der Waals surface area (Å²) in [4.78, 5) is 0. The second kappa shape index (κ2) is 4.75. The van der Waals surface area contributed by atoms with Gasteiger partial charge in [-0.2, -0.15) is 5.10 Å². The standard InChI is InChI=1S/C12H13F2N3O2/c1-17-12(15)6(5-16-17)9-10(18-2)7(13)4-8(14)11(9)19-3/h4-5H,15H2,1-3H3. The highest BCUT2D eigenvalue weighted by Crippen LogP contribution is 2.43. The third-order valence-corrected chi connectivity index (χ3v) is 2.80. The molecule has 0 bridgehead atoms. The molecule has 0 amide bonds. The van der Waals surface area contributed by atoms with Crippen LogP contribution >= 0.6 is 0 Å². The van der Waals surface area contributed by atoms with Crippen molar-refractivity contribution < 1.29 is 18.3 Å². The molecule has 2 rings (SSSR count). The van der Waals surface area contributed by atoms with Crippen molar-refractivity contribution in [2.45, 2.75) is 0 Å². The van der Waals surface area contributed by atoms with Crippen molar-refractivity contribution in [3.05, 3.63) is 23.9 Å². The van der Waals surface area contributed by atoms with Crippen LogP contribution in [-0.4, -0.2) is 24.0 Å². The quantitative estimate of drug-likeness (QED) is 0.925. The number of aryl methyl sites for hydroxylation is 1. The molecule has 0 radical (unpaired) electrons. The minimum atomic E-state index is -0.834. The number of nitrogens with zero attached hydrogens (tertiary/aromatic N) is 2. The minimum Gasteiger partial charge on any atom is -0.493 e. The van der Waals surface area contributed by atoms with Crippen LogP contribution in [0.15, 0.2) is 12.3 Å². The van der Waals surface area contributed by atoms with Crippen LogP contribution in [0.3, 0.4) is 0 Å². The van der Waals surface area contributed by atoms with Gasteiger partial charge < -0.3 is 15.2 Å². The molecule has 0 aliphatic heterocycles. The lowest BCUT2D eigenvalue weighted by Crippen LogP contribution is -2.02. The third-order valence-electron chi connectivity index (χ3n) is 2.80. The fraction of sp³-hybridized carbons (Fsp3) is 0.250. The van der Waals surface area contributed by atoms with Gasteiger partial charge in [0.25, 0.3) is 0 Å². The highest BCUT2D eigenvalue weighted by atomic mass is 19.1. The van der Waals surface area contributed by atoms with Crippen LogP contribution in [-0.2, 0) is 7.05 Å². The lowest BCUT2D eigenvalue weighted by molar-refractivity contribution is 0.361. The molecule has 2 N–H and O–H groups in total. The molecule has 0 atom stereocenters. The summed E-state index contributed by atoms with van der Waals surface area (Å²) in [5.41, 5.74) is 6.27. The number of hydrogen-bond donors (Lipinski definition) is 1. The van der Waals surface area contributed by atoms with E-state index in [0.717, 1.165) is 0 Å². The van der Waals surface area contributed by atoms with Gasteiger partial charge in [-0.1, -0.05) is 0 Å². The highest BCUT2D eigenvalue weighted by Gasteiger charge is 2.24. The molecule has 0 aliphatic rings. The van der Waals surface area contributed by atoms with Crippen molar-refractivity contribution in [2.24, 2.45) is 7.05 Å². The molecule has 0 saturated heterocycles. The summed E-state index contributed by atoms with van der Waals surface area (Å²) < 4.78 is 38.9. The molecule has 0 fully saturated rings. The molecule has 2 aromatic rings. The zero-order valence-corrected chi connectivity index (χ0v) is 10.7. The van der Waals surface area contributed by atoms with Crippen LogP contribution in [0, 0.1) is 11.6 Å². The molecule has 0 aliphatic carbocycles. The molecular formula is C12H13F2N3O2. The van der Waals surface area contributed by atoms with Gasteiger partial charge in [-0.3, -0.25) is 4.68 Å². The van der Waals surface area contributed by atoms with Crippen LogP contribution in [0.1, 0.15) is 0 Å². The first kappa shape index (κ1) is 13.1. The monoisotopic (exact) mass is 269 g/mol. The van der Waals surface area contributed by atoms with Crippen molar-refractivity contribution in [1.82, 2.24) is 9.78 Å². The number of aromatic nitrogens is 2. The molecule has 0 spiro atoms. The van der Waals surface area contributed by atoms with E-state index in [-0.39, 0.29) is 22.9 Å². The van der Waals surface area contributed by atoms with Gasteiger partial charge in [0.15, 0.2) is 23.1 Å². The van der Waals surface area contributed by atoms with Crippen LogP contribution in [0.2, 0.25) is 0 Å².